The molecule has 180 valence electrons. The quantitative estimate of drug-likeness (QED) is 0.367. The van der Waals surface area contributed by atoms with Gasteiger partial charge >= 0.3 is 5.97 Å². The summed E-state index contributed by atoms with van der Waals surface area (Å²) < 4.78 is 22.0. The van der Waals surface area contributed by atoms with Gasteiger partial charge in [0.05, 0.1) is 33.9 Å². The van der Waals surface area contributed by atoms with E-state index in [0.29, 0.717) is 60.4 Å². The molecule has 2 aromatic carbocycles. The first-order chi connectivity index (χ1) is 17.0. The van der Waals surface area contributed by atoms with Gasteiger partial charge in [-0.2, -0.15) is 0 Å². The fourth-order valence-electron chi connectivity index (χ4n) is 4.42. The average molecular weight is 494 g/mol. The van der Waals surface area contributed by atoms with Crippen LogP contribution in [0.25, 0.3) is 22.4 Å². The molecular weight excluding hydrogens is 469 g/mol. The van der Waals surface area contributed by atoms with Crippen molar-refractivity contribution in [2.75, 3.05) is 42.6 Å². The lowest BCUT2D eigenvalue weighted by molar-refractivity contribution is 0.0526. The number of esters is 1. The average Bonchev–Trinajstić information content (AvgIpc) is 3.21. The summed E-state index contributed by atoms with van der Waals surface area (Å²) in [5.41, 5.74) is 3.47. The third-order valence-corrected chi connectivity index (χ3v) is 6.58. The van der Waals surface area contributed by atoms with E-state index >= 15 is 4.39 Å². The standard InChI is InChI=1S/C26H25ClFN5O2/c1-3-35-26(34)17-8-9-24(29-16-17)33-12-10-32(11-13-33)23-14-18(19(27)15-20(23)28)25-30-21-6-4-5-7-22(21)31(25)2/h4-9,14-16H,3,10-13H2,1-2H3. The molecule has 1 aliphatic rings. The molecular formula is C26H25ClFN5O2. The van der Waals surface area contributed by atoms with Gasteiger partial charge in [0.25, 0.3) is 0 Å². The Bertz CT molecular complexity index is 1380. The first-order valence-electron chi connectivity index (χ1n) is 11.5. The smallest absolute Gasteiger partial charge is 0.339 e. The van der Waals surface area contributed by atoms with Crippen molar-refractivity contribution in [3.8, 4) is 11.4 Å². The molecule has 7 nitrogen and oxygen atoms in total. The van der Waals surface area contributed by atoms with Crippen molar-refractivity contribution in [2.24, 2.45) is 7.05 Å². The second-order valence-corrected chi connectivity index (χ2v) is 8.77. The number of hydrogen-bond donors (Lipinski definition) is 0. The van der Waals surface area contributed by atoms with E-state index in [1.54, 1.807) is 19.1 Å². The summed E-state index contributed by atoms with van der Waals surface area (Å²) in [6, 6.07) is 14.5. The molecule has 2 aromatic heterocycles. The molecule has 0 radical (unpaired) electrons. The van der Waals surface area contributed by atoms with Crippen LogP contribution in [-0.2, 0) is 11.8 Å². The molecule has 0 atom stereocenters. The van der Waals surface area contributed by atoms with Crippen molar-refractivity contribution >= 4 is 40.1 Å². The number of imidazole rings is 1. The number of aryl methyl sites for hydroxylation is 1. The maximum Gasteiger partial charge on any atom is 0.339 e. The number of nitrogens with zero attached hydrogens (tertiary/aromatic N) is 5. The maximum atomic E-state index is 15.0. The number of hydrogen-bond acceptors (Lipinski definition) is 6. The number of piperazine rings is 1. The summed E-state index contributed by atoms with van der Waals surface area (Å²) in [4.78, 5) is 25.1. The summed E-state index contributed by atoms with van der Waals surface area (Å²) in [6.45, 7) is 4.64. The van der Waals surface area contributed by atoms with Crippen LogP contribution in [0.15, 0.2) is 54.7 Å². The highest BCUT2D eigenvalue weighted by molar-refractivity contribution is 6.33. The van der Waals surface area contributed by atoms with Gasteiger partial charge in [-0.05, 0) is 43.3 Å². The number of halogens is 2. The molecule has 3 heterocycles. The Morgan fingerprint density at radius 1 is 1.09 bits per heavy atom. The molecule has 5 rings (SSSR count). The van der Waals surface area contributed by atoms with Gasteiger partial charge in [0, 0.05) is 45.0 Å². The molecule has 0 unspecified atom stereocenters. The van der Waals surface area contributed by atoms with Crippen LogP contribution in [0.5, 0.6) is 0 Å². The van der Waals surface area contributed by atoms with Crippen molar-refractivity contribution < 1.29 is 13.9 Å². The summed E-state index contributed by atoms with van der Waals surface area (Å²) in [7, 11) is 1.93. The predicted molar refractivity (Wildman–Crippen MR) is 136 cm³/mol. The number of anilines is 2. The number of para-hydroxylation sites is 2. The number of benzene rings is 2. The molecule has 0 bridgehead atoms. The summed E-state index contributed by atoms with van der Waals surface area (Å²) >= 11 is 6.47. The molecule has 9 heteroatoms. The number of rotatable bonds is 5. The fourth-order valence-corrected chi connectivity index (χ4v) is 4.66. The lowest BCUT2D eigenvalue weighted by Crippen LogP contribution is -2.47. The Balaban J connectivity index is 1.35. The van der Waals surface area contributed by atoms with Gasteiger partial charge in [-0.1, -0.05) is 23.7 Å². The Kier molecular flexibility index (Phi) is 6.30. The monoisotopic (exact) mass is 493 g/mol. The maximum absolute atomic E-state index is 15.0. The minimum absolute atomic E-state index is 0.322. The van der Waals surface area contributed by atoms with Crippen LogP contribution in [-0.4, -0.2) is 53.3 Å². The van der Waals surface area contributed by atoms with Crippen LogP contribution >= 0.6 is 11.6 Å². The zero-order valence-corrected chi connectivity index (χ0v) is 20.3. The van der Waals surface area contributed by atoms with Gasteiger partial charge in [0.15, 0.2) is 0 Å². The molecule has 1 saturated heterocycles. The second-order valence-electron chi connectivity index (χ2n) is 8.37. The number of ether oxygens (including phenoxy) is 1. The Morgan fingerprint density at radius 3 is 2.51 bits per heavy atom. The normalized spacial score (nSPS) is 13.9. The molecule has 35 heavy (non-hydrogen) atoms. The van der Waals surface area contributed by atoms with Crippen LogP contribution in [0.3, 0.4) is 0 Å². The summed E-state index contributed by atoms with van der Waals surface area (Å²) in [5, 5.41) is 0.328. The van der Waals surface area contributed by atoms with E-state index in [9.17, 15) is 4.79 Å². The molecule has 0 amide bonds. The Hall–Kier alpha value is -3.65. The molecule has 0 saturated carbocycles. The van der Waals surface area contributed by atoms with E-state index in [0.717, 1.165) is 16.9 Å². The Morgan fingerprint density at radius 2 is 1.83 bits per heavy atom. The first kappa shape index (κ1) is 23.1. The van der Waals surface area contributed by atoms with Crippen LogP contribution in [0.1, 0.15) is 17.3 Å². The molecule has 0 aliphatic carbocycles. The lowest BCUT2D eigenvalue weighted by atomic mass is 10.1. The molecule has 1 aliphatic heterocycles. The van der Waals surface area contributed by atoms with Gasteiger partial charge < -0.3 is 19.1 Å². The van der Waals surface area contributed by atoms with Crippen molar-refractivity contribution in [3.05, 3.63) is 71.1 Å². The third-order valence-electron chi connectivity index (χ3n) is 6.27. The zero-order valence-electron chi connectivity index (χ0n) is 19.5. The third kappa shape index (κ3) is 4.41. The highest BCUT2D eigenvalue weighted by atomic mass is 35.5. The van der Waals surface area contributed by atoms with E-state index in [2.05, 4.69) is 9.88 Å². The number of pyridine rings is 1. The highest BCUT2D eigenvalue weighted by Crippen LogP contribution is 2.35. The van der Waals surface area contributed by atoms with Gasteiger partial charge in [0.1, 0.15) is 17.5 Å². The van der Waals surface area contributed by atoms with E-state index in [-0.39, 0.29) is 11.8 Å². The summed E-state index contributed by atoms with van der Waals surface area (Å²) in [6.07, 6.45) is 1.53. The minimum atomic E-state index is -0.383. The van der Waals surface area contributed by atoms with Crippen molar-refractivity contribution in [1.82, 2.24) is 14.5 Å². The van der Waals surface area contributed by atoms with Crippen molar-refractivity contribution in [2.45, 2.75) is 6.92 Å². The van der Waals surface area contributed by atoms with Crippen LogP contribution in [0, 0.1) is 5.82 Å². The summed E-state index contributed by atoms with van der Waals surface area (Å²) in [5.74, 6) is 0.727. The fraction of sp³-hybridized carbons (Fsp3) is 0.269. The predicted octanol–water partition coefficient (Wildman–Crippen LogP) is 4.93. The van der Waals surface area contributed by atoms with E-state index in [1.165, 1.54) is 12.3 Å². The molecule has 0 N–H and O–H groups in total. The van der Waals surface area contributed by atoms with E-state index in [1.807, 2.05) is 46.8 Å². The van der Waals surface area contributed by atoms with Gasteiger partial charge in [-0.15, -0.1) is 0 Å². The first-order valence-corrected chi connectivity index (χ1v) is 11.9. The van der Waals surface area contributed by atoms with Crippen LogP contribution < -0.4 is 9.80 Å². The van der Waals surface area contributed by atoms with Crippen LogP contribution in [0.4, 0.5) is 15.9 Å². The van der Waals surface area contributed by atoms with Gasteiger partial charge in [0.2, 0.25) is 0 Å². The van der Waals surface area contributed by atoms with Crippen molar-refractivity contribution in [1.29, 1.82) is 0 Å². The minimum Gasteiger partial charge on any atom is -0.462 e. The molecule has 0 spiro atoms. The Labute approximate surface area is 207 Å². The lowest BCUT2D eigenvalue weighted by Gasteiger charge is -2.37. The number of aromatic nitrogens is 3. The van der Waals surface area contributed by atoms with Crippen molar-refractivity contribution in [3.63, 3.8) is 0 Å². The van der Waals surface area contributed by atoms with Gasteiger partial charge in [-0.3, -0.25) is 0 Å². The van der Waals surface area contributed by atoms with Gasteiger partial charge in [-0.25, -0.2) is 19.2 Å². The number of carbonyl (C=O) groups is 1. The topological polar surface area (TPSA) is 63.5 Å². The SMILES string of the molecule is CCOC(=O)c1ccc(N2CCN(c3cc(-c4nc5ccccc5n4C)c(Cl)cc3F)CC2)nc1. The number of fused-ring (bicyclic) bond motifs is 1. The molecule has 4 aromatic rings. The highest BCUT2D eigenvalue weighted by Gasteiger charge is 2.23. The second kappa shape index (κ2) is 9.54. The van der Waals surface area contributed by atoms with E-state index in [4.69, 9.17) is 21.3 Å². The van der Waals surface area contributed by atoms with Crippen LogP contribution in [0.2, 0.25) is 5.02 Å². The largest absolute Gasteiger partial charge is 0.462 e. The molecule has 1 fully saturated rings. The zero-order chi connectivity index (χ0) is 24.5. The number of carbonyl (C=O) groups excluding carboxylic acids is 1. The van der Waals surface area contributed by atoms with E-state index < -0.39 is 0 Å².